The minimum Gasteiger partial charge on any atom is -0.341 e. The van der Waals surface area contributed by atoms with Crippen LogP contribution in [-0.4, -0.2) is 38.2 Å². The Morgan fingerprint density at radius 3 is 2.68 bits per heavy atom. The van der Waals surface area contributed by atoms with Gasteiger partial charge in [-0.1, -0.05) is 18.9 Å². The van der Waals surface area contributed by atoms with E-state index in [1.165, 1.54) is 9.56 Å². The summed E-state index contributed by atoms with van der Waals surface area (Å²) >= 11 is 1.71. The van der Waals surface area contributed by atoms with Crippen molar-refractivity contribution in [1.82, 2.24) is 19.2 Å². The number of nitrogens with zero attached hydrogens (tertiary/aromatic N) is 4. The number of hydrogen-bond donors (Lipinski definition) is 0. The minimum absolute atomic E-state index is 0.0644. The molecule has 3 heterocycles. The van der Waals surface area contributed by atoms with E-state index in [9.17, 15) is 9.59 Å². The highest BCUT2D eigenvalue weighted by molar-refractivity contribution is 7.10. The third-order valence-electron chi connectivity index (χ3n) is 6.43. The number of aromatic nitrogens is 3. The van der Waals surface area contributed by atoms with Gasteiger partial charge < -0.3 is 4.90 Å². The van der Waals surface area contributed by atoms with E-state index in [2.05, 4.69) is 27.5 Å². The maximum Gasteiger partial charge on any atom is 0.345 e. The van der Waals surface area contributed by atoms with Crippen molar-refractivity contribution in [3.05, 3.63) is 38.7 Å². The fourth-order valence-corrected chi connectivity index (χ4v) is 6.01. The Bertz CT molecular complexity index is 890. The molecule has 152 valence electrons. The summed E-state index contributed by atoms with van der Waals surface area (Å²) < 4.78 is 3.23. The molecule has 0 spiro atoms. The summed E-state index contributed by atoms with van der Waals surface area (Å²) in [5, 5.41) is 6.63. The molecule has 2 aromatic heterocycles. The summed E-state index contributed by atoms with van der Waals surface area (Å²) in [6.45, 7) is 5.50. The van der Waals surface area contributed by atoms with Gasteiger partial charge in [0.1, 0.15) is 5.82 Å². The molecule has 1 amide bonds. The van der Waals surface area contributed by atoms with Crippen molar-refractivity contribution in [3.8, 4) is 0 Å². The van der Waals surface area contributed by atoms with Crippen molar-refractivity contribution in [2.75, 3.05) is 13.1 Å². The van der Waals surface area contributed by atoms with E-state index in [1.807, 2.05) is 13.8 Å². The van der Waals surface area contributed by atoms with E-state index in [4.69, 9.17) is 0 Å². The van der Waals surface area contributed by atoms with Crippen LogP contribution in [0.3, 0.4) is 0 Å². The Balaban J connectivity index is 1.62. The van der Waals surface area contributed by atoms with E-state index in [1.54, 1.807) is 23.0 Å². The van der Waals surface area contributed by atoms with Gasteiger partial charge in [-0.05, 0) is 51.0 Å². The van der Waals surface area contributed by atoms with Crippen molar-refractivity contribution >= 4 is 17.2 Å². The van der Waals surface area contributed by atoms with Gasteiger partial charge in [0.05, 0.1) is 5.41 Å². The van der Waals surface area contributed by atoms with Crippen LogP contribution in [0, 0.1) is 0 Å². The van der Waals surface area contributed by atoms with Gasteiger partial charge in [-0.2, -0.15) is 5.10 Å². The van der Waals surface area contributed by atoms with Crippen molar-refractivity contribution in [1.29, 1.82) is 0 Å². The fourth-order valence-electron chi connectivity index (χ4n) is 5.03. The SMILES string of the molecule is CC(C)n1c(C2CCCN(C(=O)C3(c4cccs4)CCCC3)C2)nn(C)c1=O. The topological polar surface area (TPSA) is 60.1 Å². The number of rotatable bonds is 4. The van der Waals surface area contributed by atoms with E-state index >= 15 is 0 Å². The predicted molar refractivity (Wildman–Crippen MR) is 111 cm³/mol. The first-order valence-corrected chi connectivity index (χ1v) is 11.3. The average molecular weight is 403 g/mol. The van der Waals surface area contributed by atoms with Crippen LogP contribution < -0.4 is 5.69 Å². The van der Waals surface area contributed by atoms with Gasteiger partial charge >= 0.3 is 5.69 Å². The van der Waals surface area contributed by atoms with Gasteiger partial charge in [-0.25, -0.2) is 9.48 Å². The quantitative estimate of drug-likeness (QED) is 0.787. The standard InChI is InChI=1S/C21H30N4O2S/c1-15(2)25-18(22-23(3)20(25)27)16-8-6-12-24(14-16)19(26)21(10-4-5-11-21)17-9-7-13-28-17/h7,9,13,15-16H,4-6,8,10-12,14H2,1-3H3. The van der Waals surface area contributed by atoms with E-state index < -0.39 is 0 Å². The fraction of sp³-hybridized carbons (Fsp3) is 0.667. The lowest BCUT2D eigenvalue weighted by molar-refractivity contribution is -0.138. The van der Waals surface area contributed by atoms with Gasteiger partial charge in [0.25, 0.3) is 0 Å². The molecule has 28 heavy (non-hydrogen) atoms. The van der Waals surface area contributed by atoms with E-state index in [0.29, 0.717) is 6.54 Å². The van der Waals surface area contributed by atoms with Crippen LogP contribution in [0.15, 0.2) is 22.3 Å². The van der Waals surface area contributed by atoms with Crippen molar-refractivity contribution in [3.63, 3.8) is 0 Å². The smallest absolute Gasteiger partial charge is 0.341 e. The Labute approximate surface area is 170 Å². The number of aryl methyl sites for hydroxylation is 1. The molecule has 1 saturated carbocycles. The molecule has 7 heteroatoms. The first-order chi connectivity index (χ1) is 13.4. The molecule has 0 N–H and O–H groups in total. The lowest BCUT2D eigenvalue weighted by Crippen LogP contribution is -2.49. The van der Waals surface area contributed by atoms with Crippen molar-refractivity contribution in [2.24, 2.45) is 7.05 Å². The predicted octanol–water partition coefficient (Wildman–Crippen LogP) is 3.44. The second-order valence-electron chi connectivity index (χ2n) is 8.58. The van der Waals surface area contributed by atoms with Gasteiger partial charge in [-0.3, -0.25) is 9.36 Å². The second kappa shape index (κ2) is 7.50. The maximum atomic E-state index is 13.7. The molecule has 1 aliphatic heterocycles. The molecule has 0 aromatic carbocycles. The van der Waals surface area contributed by atoms with Crippen molar-refractivity contribution < 1.29 is 4.79 Å². The molecule has 4 rings (SSSR count). The molecule has 0 bridgehead atoms. The number of piperidine rings is 1. The molecule has 1 saturated heterocycles. The molecule has 6 nitrogen and oxygen atoms in total. The second-order valence-corrected chi connectivity index (χ2v) is 9.53. The number of thiophene rings is 1. The summed E-state index contributed by atoms with van der Waals surface area (Å²) in [7, 11) is 1.71. The molecule has 2 aliphatic rings. The molecule has 2 aromatic rings. The highest BCUT2D eigenvalue weighted by Gasteiger charge is 2.46. The normalized spacial score (nSPS) is 22.1. The molecule has 0 radical (unpaired) electrons. The Morgan fingerprint density at radius 1 is 1.29 bits per heavy atom. The zero-order chi connectivity index (χ0) is 19.9. The molecular formula is C21H30N4O2S. The molecule has 1 atom stereocenters. The third kappa shape index (κ3) is 3.13. The maximum absolute atomic E-state index is 13.7. The third-order valence-corrected chi connectivity index (χ3v) is 7.51. The van der Waals surface area contributed by atoms with E-state index in [-0.39, 0.29) is 29.0 Å². The zero-order valence-electron chi connectivity index (χ0n) is 17.1. The summed E-state index contributed by atoms with van der Waals surface area (Å²) in [5.41, 5.74) is -0.406. The molecular weight excluding hydrogens is 372 g/mol. The van der Waals surface area contributed by atoms with Crippen LogP contribution in [0.4, 0.5) is 0 Å². The monoisotopic (exact) mass is 402 g/mol. The van der Waals surface area contributed by atoms with Crippen LogP contribution in [0.25, 0.3) is 0 Å². The van der Waals surface area contributed by atoms with Gasteiger partial charge in [-0.15, -0.1) is 11.3 Å². The molecule has 1 aliphatic carbocycles. The van der Waals surface area contributed by atoms with Crippen LogP contribution in [0.1, 0.15) is 75.0 Å². The van der Waals surface area contributed by atoms with Crippen LogP contribution in [0.5, 0.6) is 0 Å². The van der Waals surface area contributed by atoms with E-state index in [0.717, 1.165) is 50.9 Å². The largest absolute Gasteiger partial charge is 0.345 e. The number of carbonyl (C=O) groups is 1. The molecule has 2 fully saturated rings. The summed E-state index contributed by atoms with van der Waals surface area (Å²) in [6.07, 6.45) is 6.07. The first kappa shape index (κ1) is 19.4. The highest BCUT2D eigenvalue weighted by atomic mass is 32.1. The molecule has 1 unspecified atom stereocenters. The lowest BCUT2D eigenvalue weighted by Gasteiger charge is -2.38. The lowest BCUT2D eigenvalue weighted by atomic mass is 9.81. The van der Waals surface area contributed by atoms with Gasteiger partial charge in [0.2, 0.25) is 5.91 Å². The minimum atomic E-state index is -0.335. The Kier molecular flexibility index (Phi) is 5.21. The van der Waals surface area contributed by atoms with Crippen molar-refractivity contribution in [2.45, 2.75) is 69.7 Å². The van der Waals surface area contributed by atoms with Crippen LogP contribution >= 0.6 is 11.3 Å². The van der Waals surface area contributed by atoms with Gasteiger partial charge in [0, 0.05) is 37.0 Å². The van der Waals surface area contributed by atoms with Crippen LogP contribution in [-0.2, 0) is 17.3 Å². The highest BCUT2D eigenvalue weighted by Crippen LogP contribution is 2.45. The van der Waals surface area contributed by atoms with Crippen LogP contribution in [0.2, 0.25) is 0 Å². The number of hydrogen-bond acceptors (Lipinski definition) is 4. The Morgan fingerprint density at radius 2 is 2.04 bits per heavy atom. The average Bonchev–Trinajstić information content (AvgIpc) is 3.42. The number of likely N-dealkylation sites (tertiary alicyclic amines) is 1. The van der Waals surface area contributed by atoms with Gasteiger partial charge in [0.15, 0.2) is 0 Å². The Hall–Kier alpha value is -1.89. The number of amides is 1. The first-order valence-electron chi connectivity index (χ1n) is 10.4. The number of carbonyl (C=O) groups excluding carboxylic acids is 1. The summed E-state index contributed by atoms with van der Waals surface area (Å²) in [5.74, 6) is 1.24. The summed E-state index contributed by atoms with van der Waals surface area (Å²) in [4.78, 5) is 29.5. The zero-order valence-corrected chi connectivity index (χ0v) is 17.9. The summed E-state index contributed by atoms with van der Waals surface area (Å²) in [6, 6.07) is 4.25.